The van der Waals surface area contributed by atoms with Crippen LogP contribution in [0.3, 0.4) is 0 Å². The van der Waals surface area contributed by atoms with Crippen LogP contribution in [0.5, 0.6) is 0 Å². The molecule has 1 rings (SSSR count). The lowest BCUT2D eigenvalue weighted by molar-refractivity contribution is 0.0696. The van der Waals surface area contributed by atoms with Crippen LogP contribution in [-0.2, 0) is 6.54 Å². The first-order valence-electron chi connectivity index (χ1n) is 4.64. The molecule has 1 aromatic rings. The van der Waals surface area contributed by atoms with Gasteiger partial charge in [-0.25, -0.2) is 4.79 Å². The van der Waals surface area contributed by atoms with Crippen molar-refractivity contribution in [3.05, 3.63) is 35.4 Å². The zero-order valence-corrected chi connectivity index (χ0v) is 8.53. The van der Waals surface area contributed by atoms with E-state index in [1.165, 1.54) is 0 Å². The second-order valence-electron chi connectivity index (χ2n) is 3.34. The number of carboxylic acid groups (broad SMARTS) is 1. The van der Waals surface area contributed by atoms with E-state index in [-0.39, 0.29) is 0 Å². The summed E-state index contributed by atoms with van der Waals surface area (Å²) in [6, 6.07) is 7.05. The van der Waals surface area contributed by atoms with E-state index in [4.69, 9.17) is 5.11 Å². The summed E-state index contributed by atoms with van der Waals surface area (Å²) < 4.78 is 0. The Morgan fingerprint density at radius 3 is 2.79 bits per heavy atom. The summed E-state index contributed by atoms with van der Waals surface area (Å²) in [4.78, 5) is 12.8. The minimum atomic E-state index is -0.869. The summed E-state index contributed by atoms with van der Waals surface area (Å²) in [5.41, 5.74) is 1.39. The Morgan fingerprint density at radius 1 is 1.50 bits per heavy atom. The fraction of sp³-hybridized carbons (Fsp3) is 0.364. The highest BCUT2D eigenvalue weighted by Gasteiger charge is 2.03. The Kier molecular flexibility index (Phi) is 3.65. The van der Waals surface area contributed by atoms with Crippen molar-refractivity contribution in [2.75, 3.05) is 13.6 Å². The van der Waals surface area contributed by atoms with Gasteiger partial charge in [0.05, 0.1) is 5.56 Å². The van der Waals surface area contributed by atoms with Gasteiger partial charge < -0.3 is 10.0 Å². The van der Waals surface area contributed by atoms with Gasteiger partial charge in [0.25, 0.3) is 0 Å². The zero-order valence-electron chi connectivity index (χ0n) is 8.53. The molecule has 0 aliphatic heterocycles. The van der Waals surface area contributed by atoms with Crippen molar-refractivity contribution >= 4 is 5.97 Å². The molecule has 0 fully saturated rings. The van der Waals surface area contributed by atoms with E-state index >= 15 is 0 Å². The second kappa shape index (κ2) is 4.77. The highest BCUT2D eigenvalue weighted by molar-refractivity contribution is 5.87. The van der Waals surface area contributed by atoms with Crippen molar-refractivity contribution in [2.24, 2.45) is 0 Å². The molecule has 0 spiro atoms. The average molecular weight is 193 g/mol. The third kappa shape index (κ3) is 2.85. The van der Waals surface area contributed by atoms with E-state index in [0.717, 1.165) is 18.7 Å². The van der Waals surface area contributed by atoms with Crippen LogP contribution >= 0.6 is 0 Å². The van der Waals surface area contributed by atoms with Crippen molar-refractivity contribution in [3.8, 4) is 0 Å². The monoisotopic (exact) mass is 193 g/mol. The van der Waals surface area contributed by atoms with Gasteiger partial charge >= 0.3 is 5.97 Å². The molecule has 0 saturated carbocycles. The predicted octanol–water partition coefficient (Wildman–Crippen LogP) is 1.84. The van der Waals surface area contributed by atoms with Crippen LogP contribution in [0.15, 0.2) is 24.3 Å². The maximum atomic E-state index is 10.7. The van der Waals surface area contributed by atoms with E-state index in [1.807, 2.05) is 13.1 Å². The van der Waals surface area contributed by atoms with E-state index in [1.54, 1.807) is 18.2 Å². The Balaban J connectivity index is 2.78. The summed E-state index contributed by atoms with van der Waals surface area (Å²) in [5.74, 6) is -0.869. The number of carbonyl (C=O) groups is 1. The first-order valence-corrected chi connectivity index (χ1v) is 4.64. The average Bonchev–Trinajstić information content (AvgIpc) is 2.18. The lowest BCUT2D eigenvalue weighted by Gasteiger charge is -2.13. The molecule has 0 bridgehead atoms. The van der Waals surface area contributed by atoms with Crippen LogP contribution in [0, 0.1) is 0 Å². The Labute approximate surface area is 84.0 Å². The third-order valence-corrected chi connectivity index (χ3v) is 2.17. The Bertz CT molecular complexity index is 323. The molecule has 14 heavy (non-hydrogen) atoms. The van der Waals surface area contributed by atoms with Gasteiger partial charge in [-0.2, -0.15) is 0 Å². The van der Waals surface area contributed by atoms with Gasteiger partial charge in [0.15, 0.2) is 0 Å². The molecule has 3 heteroatoms. The summed E-state index contributed by atoms with van der Waals surface area (Å²) >= 11 is 0. The third-order valence-electron chi connectivity index (χ3n) is 2.17. The quantitative estimate of drug-likeness (QED) is 0.793. The van der Waals surface area contributed by atoms with Gasteiger partial charge in [0, 0.05) is 6.54 Å². The van der Waals surface area contributed by atoms with E-state index in [0.29, 0.717) is 5.56 Å². The summed E-state index contributed by atoms with van der Waals surface area (Å²) in [7, 11) is 2.01. The number of rotatable bonds is 4. The molecule has 0 heterocycles. The second-order valence-corrected chi connectivity index (χ2v) is 3.34. The number of hydrogen-bond donors (Lipinski definition) is 1. The maximum Gasteiger partial charge on any atom is 0.335 e. The number of nitrogens with zero attached hydrogens (tertiary/aromatic N) is 1. The lowest BCUT2D eigenvalue weighted by atomic mass is 10.1. The standard InChI is InChI=1S/C11H15NO2/c1-3-12(2)8-9-5-4-6-10(7-9)11(13)14/h4-7H,3,8H2,1-2H3,(H,13,14). The van der Waals surface area contributed by atoms with Crippen molar-refractivity contribution in [2.45, 2.75) is 13.5 Å². The molecule has 1 N–H and O–H groups in total. The highest BCUT2D eigenvalue weighted by Crippen LogP contribution is 2.07. The van der Waals surface area contributed by atoms with Crippen molar-refractivity contribution in [1.29, 1.82) is 0 Å². The van der Waals surface area contributed by atoms with E-state index in [2.05, 4.69) is 11.8 Å². The van der Waals surface area contributed by atoms with Gasteiger partial charge in [0.2, 0.25) is 0 Å². The molecular formula is C11H15NO2. The van der Waals surface area contributed by atoms with Crippen LogP contribution in [-0.4, -0.2) is 29.6 Å². The minimum absolute atomic E-state index is 0.354. The first kappa shape index (κ1) is 10.7. The van der Waals surface area contributed by atoms with Gasteiger partial charge in [-0.1, -0.05) is 19.1 Å². The molecule has 3 nitrogen and oxygen atoms in total. The summed E-state index contributed by atoms with van der Waals surface area (Å²) in [6.45, 7) is 3.82. The van der Waals surface area contributed by atoms with Gasteiger partial charge in [-0.05, 0) is 31.3 Å². The Morgan fingerprint density at radius 2 is 2.21 bits per heavy atom. The van der Waals surface area contributed by atoms with Crippen molar-refractivity contribution < 1.29 is 9.90 Å². The number of carboxylic acids is 1. The smallest absolute Gasteiger partial charge is 0.335 e. The minimum Gasteiger partial charge on any atom is -0.478 e. The molecule has 0 aromatic heterocycles. The molecule has 0 saturated heterocycles. The maximum absolute atomic E-state index is 10.7. The van der Waals surface area contributed by atoms with Crippen LogP contribution in [0.2, 0.25) is 0 Å². The Hall–Kier alpha value is -1.35. The lowest BCUT2D eigenvalue weighted by Crippen LogP contribution is -2.16. The number of hydrogen-bond acceptors (Lipinski definition) is 2. The number of aromatic carboxylic acids is 1. The molecule has 76 valence electrons. The first-order chi connectivity index (χ1) is 6.63. The normalized spacial score (nSPS) is 10.5. The summed E-state index contributed by atoms with van der Waals surface area (Å²) in [6.07, 6.45) is 0. The van der Waals surface area contributed by atoms with Crippen LogP contribution < -0.4 is 0 Å². The van der Waals surface area contributed by atoms with Crippen LogP contribution in [0.4, 0.5) is 0 Å². The predicted molar refractivity (Wildman–Crippen MR) is 55.4 cm³/mol. The molecule has 0 unspecified atom stereocenters. The van der Waals surface area contributed by atoms with Gasteiger partial charge in [-0.3, -0.25) is 0 Å². The van der Waals surface area contributed by atoms with Gasteiger partial charge in [0.1, 0.15) is 0 Å². The summed E-state index contributed by atoms with van der Waals surface area (Å²) in [5, 5.41) is 8.79. The molecule has 0 atom stereocenters. The molecule has 1 aromatic carbocycles. The van der Waals surface area contributed by atoms with Crippen LogP contribution in [0.25, 0.3) is 0 Å². The highest BCUT2D eigenvalue weighted by atomic mass is 16.4. The van der Waals surface area contributed by atoms with Crippen LogP contribution in [0.1, 0.15) is 22.8 Å². The zero-order chi connectivity index (χ0) is 10.6. The number of benzene rings is 1. The van der Waals surface area contributed by atoms with Crippen molar-refractivity contribution in [1.82, 2.24) is 4.90 Å². The fourth-order valence-corrected chi connectivity index (χ4v) is 1.23. The largest absolute Gasteiger partial charge is 0.478 e. The van der Waals surface area contributed by atoms with Gasteiger partial charge in [-0.15, -0.1) is 0 Å². The molecule has 0 amide bonds. The SMILES string of the molecule is CCN(C)Cc1cccc(C(=O)O)c1. The van der Waals surface area contributed by atoms with E-state index in [9.17, 15) is 4.79 Å². The topological polar surface area (TPSA) is 40.5 Å². The van der Waals surface area contributed by atoms with Crippen molar-refractivity contribution in [3.63, 3.8) is 0 Å². The van der Waals surface area contributed by atoms with E-state index < -0.39 is 5.97 Å². The fourth-order valence-electron chi connectivity index (χ4n) is 1.23. The molecule has 0 aliphatic carbocycles. The molecule has 0 radical (unpaired) electrons. The molecule has 0 aliphatic rings. The molecular weight excluding hydrogens is 178 g/mol.